The average molecular weight is 259 g/mol. The molecule has 2 N–H and O–H groups in total. The largest absolute Gasteiger partial charge is 0.464 e. The summed E-state index contributed by atoms with van der Waals surface area (Å²) in [6, 6.07) is 8.11. The third kappa shape index (κ3) is 2.30. The van der Waals surface area contributed by atoms with Crippen LogP contribution in [0.4, 0.5) is 4.79 Å². The summed E-state index contributed by atoms with van der Waals surface area (Å²) in [6.45, 7) is 0. The molecule has 0 saturated carbocycles. The minimum Gasteiger partial charge on any atom is -0.464 e. The molecule has 0 aliphatic heterocycles. The monoisotopic (exact) mass is 258 g/mol. The van der Waals surface area contributed by atoms with Crippen molar-refractivity contribution >= 4 is 28.1 Å². The summed E-state index contributed by atoms with van der Waals surface area (Å²) in [5.41, 5.74) is 0.293. The van der Waals surface area contributed by atoms with E-state index < -0.39 is 12.0 Å². The van der Waals surface area contributed by atoms with Crippen LogP contribution < -0.4 is 4.45 Å². The van der Waals surface area contributed by atoms with Crippen molar-refractivity contribution in [2.45, 2.75) is 0 Å². The third-order valence-corrected chi connectivity index (χ3v) is 1.85. The molecule has 74 valence electrons. The van der Waals surface area contributed by atoms with Gasteiger partial charge in [-0.15, -0.1) is 0 Å². The fraction of sp³-hybridized carbons (Fsp3) is 0. The Bertz CT molecular complexity index is 342. The number of carboxylic acid groups (broad SMARTS) is 1. The Morgan fingerprint density at radius 1 is 1.29 bits per heavy atom. The summed E-state index contributed by atoms with van der Waals surface area (Å²) < 4.78 is 2.10. The second kappa shape index (κ2) is 4.73. The molecule has 0 saturated heterocycles. The van der Waals surface area contributed by atoms with Gasteiger partial charge in [-0.1, -0.05) is 18.2 Å². The first-order valence-electron chi connectivity index (χ1n) is 3.65. The molecule has 0 heterocycles. The Kier molecular flexibility index (Phi) is 3.61. The number of halogens is 1. The Balaban J connectivity index is 2.89. The van der Waals surface area contributed by atoms with Crippen LogP contribution in [0.25, 0.3) is 0 Å². The smallest absolute Gasteiger partial charge is 0.430 e. The van der Waals surface area contributed by atoms with Crippen LogP contribution >= 0.6 is 16.1 Å². The number of nitrogens with zero attached hydrogens (tertiary/aromatic N) is 1. The third-order valence-electron chi connectivity index (χ3n) is 1.50. The molecule has 0 unspecified atom stereocenters. The number of hydrazine groups is 1. The van der Waals surface area contributed by atoms with Crippen LogP contribution in [-0.2, 0) is 0 Å². The lowest BCUT2D eigenvalue weighted by Gasteiger charge is -2.13. The van der Waals surface area contributed by atoms with E-state index in [0.29, 0.717) is 10.6 Å². The van der Waals surface area contributed by atoms with Gasteiger partial charge in [0.05, 0.1) is 0 Å². The second-order valence-corrected chi connectivity index (χ2v) is 2.73. The van der Waals surface area contributed by atoms with Crippen LogP contribution in [0.2, 0.25) is 0 Å². The molecule has 0 aliphatic carbocycles. The quantitative estimate of drug-likeness (QED) is 0.625. The zero-order valence-electron chi connectivity index (χ0n) is 6.98. The molecule has 0 fully saturated rings. The van der Waals surface area contributed by atoms with Crippen molar-refractivity contribution in [3.8, 4) is 0 Å². The summed E-state index contributed by atoms with van der Waals surface area (Å²) >= 11 is 2.69. The van der Waals surface area contributed by atoms with Crippen molar-refractivity contribution in [2.75, 3.05) is 0 Å². The lowest BCUT2D eigenvalue weighted by Crippen LogP contribution is -2.41. The Morgan fingerprint density at radius 2 is 1.86 bits per heavy atom. The predicted molar refractivity (Wildman–Crippen MR) is 52.7 cm³/mol. The first-order chi connectivity index (χ1) is 6.66. The highest BCUT2D eigenvalue weighted by Gasteiger charge is 2.20. The molecule has 1 aromatic rings. The molecule has 0 aromatic heterocycles. The lowest BCUT2D eigenvalue weighted by atomic mass is 10.2. The minimum atomic E-state index is -1.38. The fourth-order valence-electron chi connectivity index (χ4n) is 0.871. The van der Waals surface area contributed by atoms with E-state index in [-0.39, 0.29) is 0 Å². The molecule has 1 aromatic carbocycles. The van der Waals surface area contributed by atoms with Crippen LogP contribution in [0.3, 0.4) is 0 Å². The Morgan fingerprint density at radius 3 is 2.29 bits per heavy atom. The molecule has 1 rings (SSSR count). The summed E-state index contributed by atoms with van der Waals surface area (Å²) in [5.74, 6) is -0.644. The molecule has 2 amide bonds. The Hall–Kier alpha value is -1.40. The van der Waals surface area contributed by atoms with Gasteiger partial charge < -0.3 is 5.11 Å². The summed E-state index contributed by atoms with van der Waals surface area (Å²) in [6.07, 6.45) is -1.38. The highest BCUT2D eigenvalue weighted by Crippen LogP contribution is 2.03. The maximum absolute atomic E-state index is 11.5. The number of carbonyl (C=O) groups is 2. The highest BCUT2D eigenvalue weighted by molar-refractivity contribution is 9.08. The SMILES string of the molecule is O=C(O)N(NBr)C(=O)c1ccccc1. The van der Waals surface area contributed by atoms with Crippen molar-refractivity contribution in [3.05, 3.63) is 35.9 Å². The first kappa shape index (κ1) is 10.7. The standard InChI is InChI=1S/C8H7BrN2O3/c9-10-11(8(13)14)7(12)6-4-2-1-3-5-6/h1-5,10H,(H,13,14). The number of amides is 2. The molecule has 0 spiro atoms. The summed E-state index contributed by atoms with van der Waals surface area (Å²) in [7, 11) is 0. The number of rotatable bonds is 2. The molecular formula is C8H7BrN2O3. The van der Waals surface area contributed by atoms with E-state index in [1.165, 1.54) is 12.1 Å². The molecule has 0 aliphatic rings. The van der Waals surface area contributed by atoms with Gasteiger partial charge in [0.1, 0.15) is 0 Å². The molecule has 14 heavy (non-hydrogen) atoms. The van der Waals surface area contributed by atoms with Gasteiger partial charge >= 0.3 is 6.09 Å². The van der Waals surface area contributed by atoms with Crippen LogP contribution in [0.1, 0.15) is 10.4 Å². The molecular weight excluding hydrogens is 252 g/mol. The minimum absolute atomic E-state index is 0.293. The van der Waals surface area contributed by atoms with Gasteiger partial charge in [-0.3, -0.25) is 4.79 Å². The second-order valence-electron chi connectivity index (χ2n) is 2.37. The van der Waals surface area contributed by atoms with Crippen molar-refractivity contribution in [3.63, 3.8) is 0 Å². The molecule has 0 atom stereocenters. The van der Waals surface area contributed by atoms with E-state index in [2.05, 4.69) is 20.6 Å². The zero-order chi connectivity index (χ0) is 10.6. The van der Waals surface area contributed by atoms with Gasteiger partial charge in [-0.25, -0.2) is 4.79 Å². The maximum atomic E-state index is 11.5. The number of imide groups is 1. The number of carbonyl (C=O) groups excluding carboxylic acids is 1. The number of hydrogen-bond acceptors (Lipinski definition) is 3. The number of hydrogen-bond donors (Lipinski definition) is 2. The molecule has 0 bridgehead atoms. The van der Waals surface area contributed by atoms with Gasteiger partial charge in [0.2, 0.25) is 0 Å². The summed E-state index contributed by atoms with van der Waals surface area (Å²) in [4.78, 5) is 22.0. The van der Waals surface area contributed by atoms with Crippen molar-refractivity contribution < 1.29 is 14.7 Å². The first-order valence-corrected chi connectivity index (χ1v) is 4.45. The molecule has 5 nitrogen and oxygen atoms in total. The topological polar surface area (TPSA) is 69.6 Å². The van der Waals surface area contributed by atoms with E-state index in [1.807, 2.05) is 0 Å². The number of nitrogens with one attached hydrogen (secondary N) is 1. The van der Waals surface area contributed by atoms with Crippen molar-refractivity contribution in [1.29, 1.82) is 0 Å². The highest BCUT2D eigenvalue weighted by atomic mass is 79.9. The number of benzene rings is 1. The van der Waals surface area contributed by atoms with E-state index in [9.17, 15) is 9.59 Å². The van der Waals surface area contributed by atoms with Gasteiger partial charge in [-0.2, -0.15) is 9.46 Å². The van der Waals surface area contributed by atoms with Crippen LogP contribution in [0.15, 0.2) is 30.3 Å². The summed E-state index contributed by atoms with van der Waals surface area (Å²) in [5, 5.41) is 9.06. The van der Waals surface area contributed by atoms with E-state index in [4.69, 9.17) is 5.11 Å². The lowest BCUT2D eigenvalue weighted by molar-refractivity contribution is 0.0716. The normalized spacial score (nSPS) is 9.50. The van der Waals surface area contributed by atoms with Crippen molar-refractivity contribution in [2.24, 2.45) is 0 Å². The van der Waals surface area contributed by atoms with E-state index in [0.717, 1.165) is 0 Å². The zero-order valence-corrected chi connectivity index (χ0v) is 8.56. The van der Waals surface area contributed by atoms with Gasteiger partial charge in [0.25, 0.3) is 5.91 Å². The Labute approximate surface area is 88.6 Å². The molecule has 6 heteroatoms. The van der Waals surface area contributed by atoms with Crippen LogP contribution in [-0.4, -0.2) is 22.1 Å². The van der Waals surface area contributed by atoms with E-state index >= 15 is 0 Å². The van der Waals surface area contributed by atoms with E-state index in [1.54, 1.807) is 18.2 Å². The van der Waals surface area contributed by atoms with Gasteiger partial charge in [0, 0.05) is 21.7 Å². The maximum Gasteiger partial charge on any atom is 0.430 e. The van der Waals surface area contributed by atoms with Gasteiger partial charge in [-0.05, 0) is 12.1 Å². The average Bonchev–Trinajstić information content (AvgIpc) is 2.19. The predicted octanol–water partition coefficient (Wildman–Crippen LogP) is 1.62. The van der Waals surface area contributed by atoms with Gasteiger partial charge in [0.15, 0.2) is 0 Å². The fourth-order valence-corrected chi connectivity index (χ4v) is 1.18. The molecule has 0 radical (unpaired) electrons. The van der Waals surface area contributed by atoms with Crippen LogP contribution in [0, 0.1) is 0 Å². The van der Waals surface area contributed by atoms with Crippen LogP contribution in [0.5, 0.6) is 0 Å². The van der Waals surface area contributed by atoms with Crippen molar-refractivity contribution in [1.82, 2.24) is 9.46 Å².